The number of halogens is 2. The van der Waals surface area contributed by atoms with Gasteiger partial charge in [0.2, 0.25) is 0 Å². The van der Waals surface area contributed by atoms with Gasteiger partial charge in [0.15, 0.2) is 0 Å². The highest BCUT2D eigenvalue weighted by molar-refractivity contribution is 7.99. The molecule has 1 aliphatic rings. The Kier molecular flexibility index (Phi) is 6.16. The van der Waals surface area contributed by atoms with Crippen LogP contribution in [0.2, 0.25) is 10.0 Å². The summed E-state index contributed by atoms with van der Waals surface area (Å²) in [5.41, 5.74) is 0. The summed E-state index contributed by atoms with van der Waals surface area (Å²) < 4.78 is 0. The molecule has 0 saturated heterocycles. The fraction of sp³-hybridized carbons (Fsp3) is 0.571. The molecule has 1 aromatic rings. The molecule has 0 spiro atoms. The zero-order valence-electron chi connectivity index (χ0n) is 10.4. The minimum absolute atomic E-state index is 0.625. The van der Waals surface area contributed by atoms with Gasteiger partial charge in [0.05, 0.1) is 10.0 Å². The van der Waals surface area contributed by atoms with Gasteiger partial charge in [0.25, 0.3) is 0 Å². The summed E-state index contributed by atoms with van der Waals surface area (Å²) in [4.78, 5) is 1.19. The largest absolute Gasteiger partial charge is 0.316 e. The quantitative estimate of drug-likeness (QED) is 0.594. The first kappa shape index (κ1) is 14.5. The molecule has 0 heterocycles. The molecule has 1 N–H and O–H groups in total. The Balaban J connectivity index is 1.61. The average molecular weight is 304 g/mol. The Morgan fingerprint density at radius 2 is 1.94 bits per heavy atom. The SMILES string of the molecule is Clc1ccc(SCCNCC2CCCC2)cc1Cl. The van der Waals surface area contributed by atoms with Crippen molar-refractivity contribution in [3.05, 3.63) is 28.2 Å². The highest BCUT2D eigenvalue weighted by Crippen LogP contribution is 2.27. The number of benzene rings is 1. The van der Waals surface area contributed by atoms with Gasteiger partial charge in [-0.15, -0.1) is 11.8 Å². The maximum atomic E-state index is 5.98. The Labute approximate surface area is 124 Å². The molecule has 100 valence electrons. The summed E-state index contributed by atoms with van der Waals surface area (Å²) in [5.74, 6) is 1.99. The first-order valence-electron chi connectivity index (χ1n) is 6.54. The number of hydrogen-bond acceptors (Lipinski definition) is 2. The molecular weight excluding hydrogens is 285 g/mol. The topological polar surface area (TPSA) is 12.0 Å². The van der Waals surface area contributed by atoms with Gasteiger partial charge >= 0.3 is 0 Å². The van der Waals surface area contributed by atoms with E-state index in [1.165, 1.54) is 37.1 Å². The smallest absolute Gasteiger partial charge is 0.0603 e. The van der Waals surface area contributed by atoms with Gasteiger partial charge in [-0.1, -0.05) is 36.0 Å². The minimum Gasteiger partial charge on any atom is -0.316 e. The molecule has 0 radical (unpaired) electrons. The van der Waals surface area contributed by atoms with Crippen LogP contribution >= 0.6 is 35.0 Å². The first-order valence-corrected chi connectivity index (χ1v) is 8.28. The lowest BCUT2D eigenvalue weighted by Gasteiger charge is -2.10. The van der Waals surface area contributed by atoms with Crippen molar-refractivity contribution in [2.75, 3.05) is 18.8 Å². The molecule has 0 aromatic heterocycles. The lowest BCUT2D eigenvalue weighted by atomic mass is 10.1. The molecule has 0 bridgehead atoms. The molecule has 0 atom stereocenters. The summed E-state index contributed by atoms with van der Waals surface area (Å²) in [6.45, 7) is 2.24. The van der Waals surface area contributed by atoms with Crippen LogP contribution < -0.4 is 5.32 Å². The third kappa shape index (κ3) is 4.65. The van der Waals surface area contributed by atoms with Crippen molar-refractivity contribution < 1.29 is 0 Å². The third-order valence-corrected chi connectivity index (χ3v) is 5.08. The van der Waals surface area contributed by atoms with Gasteiger partial charge in [0, 0.05) is 17.2 Å². The fourth-order valence-electron chi connectivity index (χ4n) is 2.33. The zero-order chi connectivity index (χ0) is 12.8. The average Bonchev–Trinajstić information content (AvgIpc) is 2.86. The van der Waals surface area contributed by atoms with E-state index in [4.69, 9.17) is 23.2 Å². The van der Waals surface area contributed by atoms with E-state index in [1.54, 1.807) is 0 Å². The van der Waals surface area contributed by atoms with Crippen LogP contribution in [0.5, 0.6) is 0 Å². The molecule has 0 aliphatic heterocycles. The zero-order valence-corrected chi connectivity index (χ0v) is 12.8. The second-order valence-corrected chi connectivity index (χ2v) is 6.76. The van der Waals surface area contributed by atoms with Gasteiger partial charge in [-0.2, -0.15) is 0 Å². The van der Waals surface area contributed by atoms with E-state index >= 15 is 0 Å². The van der Waals surface area contributed by atoms with Crippen molar-refractivity contribution in [1.29, 1.82) is 0 Å². The predicted octanol–water partition coefficient (Wildman–Crippen LogP) is 4.87. The number of hydrogen-bond donors (Lipinski definition) is 1. The summed E-state index contributed by atoms with van der Waals surface area (Å²) in [5, 5.41) is 4.81. The first-order chi connectivity index (χ1) is 8.75. The second-order valence-electron chi connectivity index (χ2n) is 4.78. The predicted molar refractivity (Wildman–Crippen MR) is 82.0 cm³/mol. The number of nitrogens with one attached hydrogen (secondary N) is 1. The van der Waals surface area contributed by atoms with Gasteiger partial charge in [-0.05, 0) is 43.5 Å². The van der Waals surface area contributed by atoms with Gasteiger partial charge in [-0.25, -0.2) is 0 Å². The Morgan fingerprint density at radius 1 is 1.17 bits per heavy atom. The molecule has 1 nitrogen and oxygen atoms in total. The molecule has 1 aromatic carbocycles. The minimum atomic E-state index is 0.625. The molecule has 18 heavy (non-hydrogen) atoms. The molecule has 4 heteroatoms. The molecule has 0 unspecified atom stereocenters. The normalized spacial score (nSPS) is 16.3. The summed E-state index contributed by atoms with van der Waals surface area (Å²) in [6.07, 6.45) is 5.66. The van der Waals surface area contributed by atoms with Crippen LogP contribution in [-0.4, -0.2) is 18.8 Å². The highest BCUT2D eigenvalue weighted by atomic mass is 35.5. The van der Waals surface area contributed by atoms with E-state index in [-0.39, 0.29) is 0 Å². The van der Waals surface area contributed by atoms with Crippen LogP contribution in [-0.2, 0) is 0 Å². The standard InChI is InChI=1S/C14H19Cl2NS/c15-13-6-5-12(9-14(13)16)18-8-7-17-10-11-3-1-2-4-11/h5-6,9,11,17H,1-4,7-8,10H2. The van der Waals surface area contributed by atoms with Crippen molar-refractivity contribution in [2.24, 2.45) is 5.92 Å². The van der Waals surface area contributed by atoms with Gasteiger partial charge in [-0.3, -0.25) is 0 Å². The number of thioether (sulfide) groups is 1. The maximum Gasteiger partial charge on any atom is 0.0603 e. The van der Waals surface area contributed by atoms with Crippen LogP contribution in [0.3, 0.4) is 0 Å². The monoisotopic (exact) mass is 303 g/mol. The summed E-state index contributed by atoms with van der Waals surface area (Å²) in [6, 6.07) is 5.82. The lowest BCUT2D eigenvalue weighted by molar-refractivity contribution is 0.500. The van der Waals surface area contributed by atoms with Crippen LogP contribution in [0.15, 0.2) is 23.1 Å². The van der Waals surface area contributed by atoms with E-state index in [9.17, 15) is 0 Å². The molecule has 1 fully saturated rings. The van der Waals surface area contributed by atoms with Crippen molar-refractivity contribution in [3.63, 3.8) is 0 Å². The molecule has 2 rings (SSSR count). The maximum absolute atomic E-state index is 5.98. The van der Waals surface area contributed by atoms with Gasteiger partial charge in [0.1, 0.15) is 0 Å². The van der Waals surface area contributed by atoms with Gasteiger partial charge < -0.3 is 5.32 Å². The molecule has 0 amide bonds. The molecule has 1 saturated carbocycles. The highest BCUT2D eigenvalue weighted by Gasteiger charge is 2.13. The summed E-state index contributed by atoms with van der Waals surface area (Å²) >= 11 is 13.7. The fourth-order valence-corrected chi connectivity index (χ4v) is 3.54. The van der Waals surface area contributed by atoms with Crippen LogP contribution in [0.25, 0.3) is 0 Å². The Morgan fingerprint density at radius 3 is 2.67 bits per heavy atom. The van der Waals surface area contributed by atoms with E-state index < -0.39 is 0 Å². The number of rotatable bonds is 6. The van der Waals surface area contributed by atoms with E-state index in [0.717, 1.165) is 18.2 Å². The molecular formula is C14H19Cl2NS. The van der Waals surface area contributed by atoms with E-state index in [2.05, 4.69) is 5.32 Å². The van der Waals surface area contributed by atoms with Crippen molar-refractivity contribution in [3.8, 4) is 0 Å². The Bertz CT molecular complexity index is 378. The third-order valence-electron chi connectivity index (χ3n) is 3.35. The van der Waals surface area contributed by atoms with Crippen molar-refractivity contribution >= 4 is 35.0 Å². The molecule has 1 aliphatic carbocycles. The van der Waals surface area contributed by atoms with Crippen LogP contribution in [0.4, 0.5) is 0 Å². The lowest BCUT2D eigenvalue weighted by Crippen LogP contribution is -2.23. The van der Waals surface area contributed by atoms with E-state index in [0.29, 0.717) is 10.0 Å². The van der Waals surface area contributed by atoms with E-state index in [1.807, 2.05) is 30.0 Å². The second kappa shape index (κ2) is 7.64. The van der Waals surface area contributed by atoms with Crippen LogP contribution in [0, 0.1) is 5.92 Å². The van der Waals surface area contributed by atoms with Crippen LogP contribution in [0.1, 0.15) is 25.7 Å². The van der Waals surface area contributed by atoms with Crippen molar-refractivity contribution in [1.82, 2.24) is 5.32 Å². The summed E-state index contributed by atoms with van der Waals surface area (Å²) in [7, 11) is 0. The van der Waals surface area contributed by atoms with Crippen molar-refractivity contribution in [2.45, 2.75) is 30.6 Å². The Hall–Kier alpha value is 0.110.